The maximum atomic E-state index is 5.69. The minimum absolute atomic E-state index is 0.479. The lowest BCUT2D eigenvalue weighted by Gasteiger charge is -2.32. The number of nitrogens with one attached hydrogen (secondary N) is 1. The third-order valence-corrected chi connectivity index (χ3v) is 4.73. The predicted octanol–water partition coefficient (Wildman–Crippen LogP) is 0.535. The smallest absolute Gasteiger partial charge is 0.203 e. The van der Waals surface area contributed by atoms with E-state index < -0.39 is 0 Å². The summed E-state index contributed by atoms with van der Waals surface area (Å²) in [7, 11) is 5.07. The summed E-state index contributed by atoms with van der Waals surface area (Å²) >= 11 is 0. The van der Waals surface area contributed by atoms with Gasteiger partial charge in [0, 0.05) is 5.56 Å². The van der Waals surface area contributed by atoms with Crippen LogP contribution in [0.1, 0.15) is 43.9 Å². The van der Waals surface area contributed by atoms with Crippen LogP contribution in [0.4, 0.5) is 0 Å². The Balaban J connectivity index is 2.51. The van der Waals surface area contributed by atoms with Crippen molar-refractivity contribution in [2.45, 2.75) is 39.3 Å². The predicted molar refractivity (Wildman–Crippen MR) is 90.6 cm³/mol. The number of quaternary nitrogens is 2. The molecule has 1 aromatic carbocycles. The summed E-state index contributed by atoms with van der Waals surface area (Å²) in [6, 6.07) is 2.65. The van der Waals surface area contributed by atoms with E-state index in [1.54, 1.807) is 26.2 Å². The maximum absolute atomic E-state index is 5.69. The van der Waals surface area contributed by atoms with E-state index in [4.69, 9.17) is 14.2 Å². The molecular formula is C18H32N2O3+2. The molecule has 1 heterocycles. The first-order chi connectivity index (χ1) is 11.2. The lowest BCUT2D eigenvalue weighted by molar-refractivity contribution is -0.948. The monoisotopic (exact) mass is 324 g/mol. The minimum Gasteiger partial charge on any atom is -0.493 e. The number of methoxy groups -OCH3 is 3. The van der Waals surface area contributed by atoms with Gasteiger partial charge in [-0.15, -0.1) is 0 Å². The lowest BCUT2D eigenvalue weighted by Crippen LogP contribution is -3.15. The average Bonchev–Trinajstić information content (AvgIpc) is 2.59. The quantitative estimate of drug-likeness (QED) is 0.734. The van der Waals surface area contributed by atoms with E-state index in [2.05, 4.69) is 25.2 Å². The second kappa shape index (κ2) is 8.41. The van der Waals surface area contributed by atoms with Gasteiger partial charge in [-0.05, 0) is 18.9 Å². The van der Waals surface area contributed by atoms with Gasteiger partial charge in [0.2, 0.25) is 5.75 Å². The van der Waals surface area contributed by atoms with Crippen LogP contribution < -0.4 is 24.4 Å². The van der Waals surface area contributed by atoms with Crippen LogP contribution in [0.25, 0.3) is 0 Å². The van der Waals surface area contributed by atoms with Gasteiger partial charge in [0.05, 0.1) is 40.0 Å². The van der Waals surface area contributed by atoms with E-state index in [-0.39, 0.29) is 0 Å². The average molecular weight is 324 g/mol. The lowest BCUT2D eigenvalue weighted by atomic mass is 9.93. The molecule has 0 saturated heterocycles. The zero-order valence-corrected chi connectivity index (χ0v) is 15.2. The molecule has 0 radical (unpaired) electrons. The molecule has 130 valence electrons. The van der Waals surface area contributed by atoms with Crippen molar-refractivity contribution in [2.75, 3.05) is 41.0 Å². The van der Waals surface area contributed by atoms with Crippen molar-refractivity contribution >= 4 is 0 Å². The van der Waals surface area contributed by atoms with E-state index in [0.717, 1.165) is 24.6 Å². The van der Waals surface area contributed by atoms with Crippen LogP contribution in [-0.2, 0) is 6.54 Å². The summed E-state index contributed by atoms with van der Waals surface area (Å²) in [6.45, 7) is 8.96. The Hall–Kier alpha value is -1.46. The van der Waals surface area contributed by atoms with E-state index in [1.165, 1.54) is 37.1 Å². The first-order valence-corrected chi connectivity index (χ1v) is 8.69. The normalized spacial score (nSPS) is 17.0. The number of benzene rings is 1. The number of hydrogen-bond donors (Lipinski definition) is 2. The van der Waals surface area contributed by atoms with Crippen LogP contribution in [0.5, 0.6) is 17.2 Å². The van der Waals surface area contributed by atoms with Gasteiger partial charge in [-0.3, -0.25) is 0 Å². The fraction of sp³-hybridized carbons (Fsp3) is 0.667. The highest BCUT2D eigenvalue weighted by Crippen LogP contribution is 2.43. The number of ether oxygens (including phenoxy) is 3. The van der Waals surface area contributed by atoms with E-state index in [9.17, 15) is 0 Å². The van der Waals surface area contributed by atoms with Gasteiger partial charge in [-0.2, -0.15) is 0 Å². The molecule has 0 unspecified atom stereocenters. The number of fused-ring (bicyclic) bond motifs is 1. The first kappa shape index (κ1) is 17.9. The molecule has 0 fully saturated rings. The number of hydrogen-bond acceptors (Lipinski definition) is 3. The fourth-order valence-corrected chi connectivity index (χ4v) is 3.78. The molecule has 0 bridgehead atoms. The largest absolute Gasteiger partial charge is 0.493 e. The molecule has 2 rings (SSSR count). The summed E-state index contributed by atoms with van der Waals surface area (Å²) in [4.78, 5) is 1.65. The molecule has 5 nitrogen and oxygen atoms in total. The summed E-state index contributed by atoms with van der Waals surface area (Å²) in [5.74, 6) is 2.30. The zero-order valence-electron chi connectivity index (χ0n) is 15.2. The van der Waals surface area contributed by atoms with E-state index in [0.29, 0.717) is 11.8 Å². The molecule has 1 atom stereocenters. The summed E-state index contributed by atoms with van der Waals surface area (Å²) in [6.07, 6.45) is 2.40. The van der Waals surface area contributed by atoms with E-state index >= 15 is 0 Å². The Labute approximate surface area is 139 Å². The second-order valence-corrected chi connectivity index (χ2v) is 6.15. The van der Waals surface area contributed by atoms with Crippen molar-refractivity contribution in [2.24, 2.45) is 0 Å². The van der Waals surface area contributed by atoms with Crippen molar-refractivity contribution in [1.82, 2.24) is 0 Å². The number of nitrogens with two attached hydrogens (primary N) is 1. The van der Waals surface area contributed by atoms with Crippen LogP contribution in [0.15, 0.2) is 6.07 Å². The fourth-order valence-electron chi connectivity index (χ4n) is 3.78. The van der Waals surface area contributed by atoms with Gasteiger partial charge in [0.15, 0.2) is 17.5 Å². The maximum Gasteiger partial charge on any atom is 0.203 e. The van der Waals surface area contributed by atoms with Crippen LogP contribution in [0.3, 0.4) is 0 Å². The third kappa shape index (κ3) is 3.56. The molecule has 1 aromatic rings. The first-order valence-electron chi connectivity index (χ1n) is 8.69. The van der Waals surface area contributed by atoms with Gasteiger partial charge >= 0.3 is 0 Å². The molecule has 0 aliphatic carbocycles. The minimum atomic E-state index is 0.479. The van der Waals surface area contributed by atoms with Crippen LogP contribution in [0.2, 0.25) is 0 Å². The van der Waals surface area contributed by atoms with Gasteiger partial charge in [0.1, 0.15) is 13.1 Å². The highest BCUT2D eigenvalue weighted by molar-refractivity contribution is 5.59. The molecule has 0 saturated carbocycles. The topological polar surface area (TPSA) is 48.7 Å². The van der Waals surface area contributed by atoms with Gasteiger partial charge < -0.3 is 24.4 Å². The molecular weight excluding hydrogens is 292 g/mol. The van der Waals surface area contributed by atoms with Gasteiger partial charge in [-0.25, -0.2) is 0 Å². The van der Waals surface area contributed by atoms with Crippen LogP contribution >= 0.6 is 0 Å². The van der Waals surface area contributed by atoms with Crippen molar-refractivity contribution in [1.29, 1.82) is 0 Å². The molecule has 1 aliphatic heterocycles. The molecule has 0 aromatic heterocycles. The van der Waals surface area contributed by atoms with Crippen molar-refractivity contribution in [3.05, 3.63) is 17.2 Å². The molecule has 1 aliphatic rings. The van der Waals surface area contributed by atoms with Crippen molar-refractivity contribution in [3.8, 4) is 17.2 Å². The Morgan fingerprint density at radius 2 is 1.70 bits per heavy atom. The third-order valence-electron chi connectivity index (χ3n) is 4.73. The Morgan fingerprint density at radius 3 is 2.22 bits per heavy atom. The Kier molecular flexibility index (Phi) is 6.54. The van der Waals surface area contributed by atoms with Crippen LogP contribution in [-0.4, -0.2) is 41.0 Å². The number of rotatable bonds is 8. The van der Waals surface area contributed by atoms with Crippen molar-refractivity contribution < 1.29 is 24.4 Å². The highest BCUT2D eigenvalue weighted by Gasteiger charge is 2.35. The van der Waals surface area contributed by atoms with Crippen LogP contribution in [0, 0.1) is 0 Å². The molecule has 0 amide bonds. The summed E-state index contributed by atoms with van der Waals surface area (Å²) < 4.78 is 16.8. The van der Waals surface area contributed by atoms with E-state index in [1.807, 2.05) is 0 Å². The SMILES string of the molecule is CCC[NH+](CCC)[C@H]1C[NH2+]Cc2c1cc(OC)c(OC)c2OC. The molecule has 23 heavy (non-hydrogen) atoms. The zero-order chi connectivity index (χ0) is 16.8. The van der Waals surface area contributed by atoms with Gasteiger partial charge in [-0.1, -0.05) is 13.8 Å². The van der Waals surface area contributed by atoms with Crippen molar-refractivity contribution in [3.63, 3.8) is 0 Å². The standard InChI is InChI=1S/C18H30N2O3/c1-6-8-20(9-7-2)15-12-19-11-14-13(15)10-16(21-3)18(23-5)17(14)22-4/h10,15,19H,6-9,11-12H2,1-5H3/p+2/t15-/m0/s1. The Bertz CT molecular complexity index is 513. The summed E-state index contributed by atoms with van der Waals surface area (Å²) in [5.41, 5.74) is 2.62. The molecule has 3 N–H and O–H groups in total. The second-order valence-electron chi connectivity index (χ2n) is 6.15. The molecule has 5 heteroatoms. The molecule has 0 spiro atoms. The highest BCUT2D eigenvalue weighted by atomic mass is 16.5. The Morgan fingerprint density at radius 1 is 1.04 bits per heavy atom. The van der Waals surface area contributed by atoms with Gasteiger partial charge in [0.25, 0.3) is 0 Å². The summed E-state index contributed by atoms with van der Waals surface area (Å²) in [5, 5.41) is 2.38.